The Hall–Kier alpha value is -2.97. The lowest BCUT2D eigenvalue weighted by atomic mass is 10.0. The topological polar surface area (TPSA) is 88.6 Å². The first-order chi connectivity index (χ1) is 15.4. The van der Waals surface area contributed by atoms with E-state index < -0.39 is 10.0 Å². The Labute approximate surface area is 188 Å². The van der Waals surface area contributed by atoms with Crippen molar-refractivity contribution < 1.29 is 17.9 Å². The van der Waals surface area contributed by atoms with Crippen LogP contribution in [0.2, 0.25) is 0 Å². The maximum Gasteiger partial charge on any atom is 0.338 e. The van der Waals surface area contributed by atoms with Crippen LogP contribution in [-0.4, -0.2) is 43.4 Å². The summed E-state index contributed by atoms with van der Waals surface area (Å²) < 4.78 is 32.7. The summed E-state index contributed by atoms with van der Waals surface area (Å²) in [6.07, 6.45) is 1.78. The summed E-state index contributed by atoms with van der Waals surface area (Å²) in [6, 6.07) is 15.7. The van der Waals surface area contributed by atoms with Gasteiger partial charge in [-0.2, -0.15) is 4.31 Å². The van der Waals surface area contributed by atoms with Gasteiger partial charge in [-0.3, -0.25) is 0 Å². The molecular weight excluding hydrogens is 426 g/mol. The van der Waals surface area contributed by atoms with Crippen LogP contribution in [0, 0.1) is 5.92 Å². The predicted octanol–water partition coefficient (Wildman–Crippen LogP) is 4.58. The van der Waals surface area contributed by atoms with Gasteiger partial charge in [-0.15, -0.1) is 0 Å². The fourth-order valence-corrected chi connectivity index (χ4v) is 5.30. The number of fused-ring (bicyclic) bond motifs is 1. The smallest absolute Gasteiger partial charge is 0.338 e. The van der Waals surface area contributed by atoms with Crippen molar-refractivity contribution in [1.82, 2.24) is 9.29 Å². The van der Waals surface area contributed by atoms with Gasteiger partial charge in [0.1, 0.15) is 5.82 Å². The van der Waals surface area contributed by atoms with Crippen molar-refractivity contribution >= 4 is 38.4 Å². The number of hydrogen-bond donors (Lipinski definition) is 1. The number of aromatic nitrogens is 1. The lowest BCUT2D eigenvalue weighted by molar-refractivity contribution is 0.0526. The number of carbonyl (C=O) groups is 1. The third-order valence-corrected chi connectivity index (χ3v) is 7.58. The molecule has 2 aromatic carbocycles. The molecule has 7 nitrogen and oxygen atoms in total. The molecule has 32 heavy (non-hydrogen) atoms. The minimum absolute atomic E-state index is 0.296. The highest BCUT2D eigenvalue weighted by Crippen LogP contribution is 2.27. The number of sulfonamides is 1. The Morgan fingerprint density at radius 1 is 1.12 bits per heavy atom. The summed E-state index contributed by atoms with van der Waals surface area (Å²) in [4.78, 5) is 16.8. The maximum atomic E-state index is 13.0. The van der Waals surface area contributed by atoms with E-state index in [-0.39, 0.29) is 5.97 Å². The van der Waals surface area contributed by atoms with Crippen LogP contribution in [0.4, 0.5) is 11.5 Å². The molecule has 0 aliphatic carbocycles. The molecule has 8 heteroatoms. The van der Waals surface area contributed by atoms with E-state index in [0.29, 0.717) is 53.1 Å². The average molecular weight is 454 g/mol. The highest BCUT2D eigenvalue weighted by atomic mass is 32.2. The monoisotopic (exact) mass is 453 g/mol. The molecule has 2 heterocycles. The number of nitrogens with one attached hydrogen (secondary N) is 1. The number of hydrogen-bond acceptors (Lipinski definition) is 6. The summed E-state index contributed by atoms with van der Waals surface area (Å²) in [5, 5.41) is 3.94. The number of esters is 1. The molecule has 0 saturated carbocycles. The van der Waals surface area contributed by atoms with Crippen LogP contribution in [0.25, 0.3) is 10.9 Å². The number of nitrogens with zero attached hydrogens (tertiary/aromatic N) is 2. The van der Waals surface area contributed by atoms with Gasteiger partial charge in [0.15, 0.2) is 0 Å². The van der Waals surface area contributed by atoms with Gasteiger partial charge in [-0.1, -0.05) is 13.0 Å². The largest absolute Gasteiger partial charge is 0.462 e. The number of benzene rings is 2. The predicted molar refractivity (Wildman–Crippen MR) is 125 cm³/mol. The molecule has 168 valence electrons. The van der Waals surface area contributed by atoms with Gasteiger partial charge < -0.3 is 10.1 Å². The van der Waals surface area contributed by atoms with Crippen molar-refractivity contribution in [3.05, 3.63) is 60.2 Å². The number of rotatable bonds is 6. The molecule has 1 saturated heterocycles. The minimum atomic E-state index is -3.51. The zero-order valence-corrected chi connectivity index (χ0v) is 19.1. The standard InChI is InChI=1S/C24H27N3O4S/c1-3-31-24(28)19-5-4-6-20(15-19)25-23-10-7-18-16-21(8-9-22(18)26-23)32(29,30)27-13-11-17(2)12-14-27/h4-10,15-17H,3,11-14H2,1-2H3,(H,25,26). The van der Waals surface area contributed by atoms with E-state index >= 15 is 0 Å². The van der Waals surface area contributed by atoms with E-state index in [1.165, 1.54) is 0 Å². The second-order valence-corrected chi connectivity index (χ2v) is 10.0. The third-order valence-electron chi connectivity index (χ3n) is 5.69. The molecule has 0 atom stereocenters. The summed E-state index contributed by atoms with van der Waals surface area (Å²) in [5.74, 6) is 0.782. The second-order valence-electron chi connectivity index (χ2n) is 8.06. The first-order valence-electron chi connectivity index (χ1n) is 10.8. The normalized spacial score (nSPS) is 15.6. The van der Waals surface area contributed by atoms with E-state index in [1.807, 2.05) is 12.1 Å². The van der Waals surface area contributed by atoms with Crippen LogP contribution < -0.4 is 5.32 Å². The summed E-state index contributed by atoms with van der Waals surface area (Å²) in [7, 11) is -3.51. The van der Waals surface area contributed by atoms with Crippen LogP contribution in [0.3, 0.4) is 0 Å². The van der Waals surface area contributed by atoms with Crippen molar-refractivity contribution in [3.8, 4) is 0 Å². The number of anilines is 2. The van der Waals surface area contributed by atoms with Crippen molar-refractivity contribution in [2.24, 2.45) is 5.92 Å². The molecule has 1 N–H and O–H groups in total. The van der Waals surface area contributed by atoms with Crippen LogP contribution in [0.5, 0.6) is 0 Å². The lowest BCUT2D eigenvalue weighted by Gasteiger charge is -2.29. The highest BCUT2D eigenvalue weighted by molar-refractivity contribution is 7.89. The lowest BCUT2D eigenvalue weighted by Crippen LogP contribution is -2.37. The molecule has 1 aromatic heterocycles. The Kier molecular flexibility index (Phi) is 6.43. The van der Waals surface area contributed by atoms with Gasteiger partial charge in [0.25, 0.3) is 0 Å². The Bertz CT molecular complexity index is 1230. The maximum absolute atomic E-state index is 13.0. The number of pyridine rings is 1. The van der Waals surface area contributed by atoms with E-state index in [0.717, 1.165) is 18.2 Å². The first kappa shape index (κ1) is 22.2. The van der Waals surface area contributed by atoms with Crippen molar-refractivity contribution in [2.75, 3.05) is 25.0 Å². The first-order valence-corrected chi connectivity index (χ1v) is 12.3. The Balaban J connectivity index is 1.55. The van der Waals surface area contributed by atoms with Crippen LogP contribution in [0.15, 0.2) is 59.5 Å². The van der Waals surface area contributed by atoms with Gasteiger partial charge in [0.2, 0.25) is 10.0 Å². The van der Waals surface area contributed by atoms with Crippen molar-refractivity contribution in [1.29, 1.82) is 0 Å². The molecule has 1 fully saturated rings. The van der Waals surface area contributed by atoms with Crippen LogP contribution in [0.1, 0.15) is 37.0 Å². The van der Waals surface area contributed by atoms with Gasteiger partial charge in [-0.05, 0) is 74.2 Å². The van der Waals surface area contributed by atoms with Crippen LogP contribution in [-0.2, 0) is 14.8 Å². The molecule has 4 rings (SSSR count). The molecule has 0 amide bonds. The SMILES string of the molecule is CCOC(=O)c1cccc(Nc2ccc3cc(S(=O)(=O)N4CCC(C)CC4)ccc3n2)c1. The van der Waals surface area contributed by atoms with E-state index in [9.17, 15) is 13.2 Å². The molecule has 1 aliphatic rings. The van der Waals surface area contributed by atoms with Crippen molar-refractivity contribution in [3.63, 3.8) is 0 Å². The van der Waals surface area contributed by atoms with Gasteiger partial charge >= 0.3 is 5.97 Å². The van der Waals surface area contributed by atoms with E-state index in [2.05, 4.69) is 17.2 Å². The zero-order valence-electron chi connectivity index (χ0n) is 18.2. The van der Waals surface area contributed by atoms with Gasteiger partial charge in [-0.25, -0.2) is 18.2 Å². The molecule has 0 unspecified atom stereocenters. The van der Waals surface area contributed by atoms with Gasteiger partial charge in [0.05, 0.1) is 22.6 Å². The molecule has 3 aromatic rings. The van der Waals surface area contributed by atoms with Crippen LogP contribution >= 0.6 is 0 Å². The fraction of sp³-hybridized carbons (Fsp3) is 0.333. The average Bonchev–Trinajstić information content (AvgIpc) is 2.79. The fourth-order valence-electron chi connectivity index (χ4n) is 3.79. The number of carbonyl (C=O) groups excluding carboxylic acids is 1. The van der Waals surface area contributed by atoms with Crippen molar-refractivity contribution in [2.45, 2.75) is 31.6 Å². The summed E-state index contributed by atoms with van der Waals surface area (Å²) >= 11 is 0. The summed E-state index contributed by atoms with van der Waals surface area (Å²) in [5.41, 5.74) is 1.85. The highest BCUT2D eigenvalue weighted by Gasteiger charge is 2.28. The van der Waals surface area contributed by atoms with E-state index in [4.69, 9.17) is 4.74 Å². The Morgan fingerprint density at radius 3 is 2.66 bits per heavy atom. The molecule has 0 radical (unpaired) electrons. The molecular formula is C24H27N3O4S. The third kappa shape index (κ3) is 4.76. The Morgan fingerprint density at radius 2 is 1.91 bits per heavy atom. The second kappa shape index (κ2) is 9.26. The number of piperidine rings is 1. The number of ether oxygens (including phenoxy) is 1. The molecule has 1 aliphatic heterocycles. The molecule has 0 spiro atoms. The summed E-state index contributed by atoms with van der Waals surface area (Å²) in [6.45, 7) is 5.37. The minimum Gasteiger partial charge on any atom is -0.462 e. The molecule has 0 bridgehead atoms. The zero-order chi connectivity index (χ0) is 22.7. The quantitative estimate of drug-likeness (QED) is 0.550. The van der Waals surface area contributed by atoms with Gasteiger partial charge in [0, 0.05) is 24.2 Å². The van der Waals surface area contributed by atoms with E-state index in [1.54, 1.807) is 53.7 Å².